The van der Waals surface area contributed by atoms with Crippen molar-refractivity contribution in [1.29, 1.82) is 0 Å². The predicted molar refractivity (Wildman–Crippen MR) is 75.2 cm³/mol. The van der Waals surface area contributed by atoms with Crippen LogP contribution >= 0.6 is 11.6 Å². The molecular formula is C14H18ClNO3. The van der Waals surface area contributed by atoms with Crippen molar-refractivity contribution >= 4 is 29.2 Å². The van der Waals surface area contributed by atoms with E-state index in [0.717, 1.165) is 0 Å². The van der Waals surface area contributed by atoms with E-state index in [0.29, 0.717) is 10.7 Å². The first kappa shape index (κ1) is 15.5. The smallest absolute Gasteiger partial charge is 0.306 e. The van der Waals surface area contributed by atoms with Crippen LogP contribution in [0.4, 0.5) is 5.69 Å². The summed E-state index contributed by atoms with van der Waals surface area (Å²) < 4.78 is 5.12. The Morgan fingerprint density at radius 3 is 2.53 bits per heavy atom. The second-order valence-electron chi connectivity index (χ2n) is 5.14. The molecule has 0 fully saturated rings. The molecule has 1 aromatic carbocycles. The van der Waals surface area contributed by atoms with Crippen molar-refractivity contribution in [3.05, 3.63) is 29.3 Å². The molecule has 0 heterocycles. The van der Waals surface area contributed by atoms with E-state index in [9.17, 15) is 9.59 Å². The number of esters is 1. The Morgan fingerprint density at radius 1 is 1.26 bits per heavy atom. The zero-order valence-corrected chi connectivity index (χ0v) is 12.1. The Balaban J connectivity index is 2.38. The molecule has 104 valence electrons. The fourth-order valence-corrected chi connectivity index (χ4v) is 1.59. The number of carbonyl (C=O) groups is 2. The van der Waals surface area contributed by atoms with Gasteiger partial charge in [0.2, 0.25) is 5.91 Å². The van der Waals surface area contributed by atoms with Gasteiger partial charge >= 0.3 is 5.97 Å². The molecule has 0 unspecified atom stereocenters. The average molecular weight is 284 g/mol. The minimum Gasteiger partial charge on any atom is -0.460 e. The molecule has 19 heavy (non-hydrogen) atoms. The molecule has 0 aliphatic carbocycles. The van der Waals surface area contributed by atoms with E-state index in [2.05, 4.69) is 5.32 Å². The summed E-state index contributed by atoms with van der Waals surface area (Å²) >= 11 is 5.80. The highest BCUT2D eigenvalue weighted by Gasteiger charge is 2.17. The third-order valence-electron chi connectivity index (χ3n) is 2.08. The molecule has 0 bridgehead atoms. The van der Waals surface area contributed by atoms with Crippen molar-refractivity contribution in [3.8, 4) is 0 Å². The van der Waals surface area contributed by atoms with E-state index in [1.54, 1.807) is 45.0 Å². The number of ether oxygens (including phenoxy) is 1. The molecular weight excluding hydrogens is 266 g/mol. The Morgan fingerprint density at radius 2 is 1.95 bits per heavy atom. The number of amides is 1. The maximum atomic E-state index is 11.6. The van der Waals surface area contributed by atoms with Crippen LogP contribution in [-0.2, 0) is 14.3 Å². The molecule has 0 saturated heterocycles. The van der Waals surface area contributed by atoms with Crippen LogP contribution in [0.2, 0.25) is 5.02 Å². The van der Waals surface area contributed by atoms with Crippen molar-refractivity contribution in [2.75, 3.05) is 5.32 Å². The first-order valence-corrected chi connectivity index (χ1v) is 6.41. The molecule has 0 atom stereocenters. The second kappa shape index (κ2) is 6.57. The summed E-state index contributed by atoms with van der Waals surface area (Å²) in [5.41, 5.74) is 0.0854. The van der Waals surface area contributed by atoms with Crippen LogP contribution in [-0.4, -0.2) is 17.5 Å². The number of benzene rings is 1. The van der Waals surface area contributed by atoms with Gasteiger partial charge in [-0.3, -0.25) is 9.59 Å². The molecule has 1 rings (SSSR count). The van der Waals surface area contributed by atoms with Gasteiger partial charge in [0.1, 0.15) is 5.60 Å². The zero-order chi connectivity index (χ0) is 14.5. The van der Waals surface area contributed by atoms with Gasteiger partial charge in [-0.1, -0.05) is 17.7 Å². The van der Waals surface area contributed by atoms with Crippen LogP contribution < -0.4 is 5.32 Å². The number of nitrogens with one attached hydrogen (secondary N) is 1. The molecule has 0 saturated carbocycles. The van der Waals surface area contributed by atoms with Crippen LogP contribution in [0.5, 0.6) is 0 Å². The van der Waals surface area contributed by atoms with Gasteiger partial charge in [0.15, 0.2) is 0 Å². The highest BCUT2D eigenvalue weighted by molar-refractivity contribution is 6.30. The Kier molecular flexibility index (Phi) is 5.36. The lowest BCUT2D eigenvalue weighted by atomic mass is 10.2. The minimum absolute atomic E-state index is 0.0592. The molecule has 0 radical (unpaired) electrons. The molecule has 0 aliphatic rings. The quantitative estimate of drug-likeness (QED) is 0.862. The summed E-state index contributed by atoms with van der Waals surface area (Å²) in [7, 11) is 0. The third-order valence-corrected chi connectivity index (χ3v) is 2.32. The lowest BCUT2D eigenvalue weighted by Crippen LogP contribution is -2.24. The number of hydrogen-bond donors (Lipinski definition) is 1. The highest BCUT2D eigenvalue weighted by atomic mass is 35.5. The topological polar surface area (TPSA) is 55.4 Å². The summed E-state index contributed by atoms with van der Waals surface area (Å²) in [6, 6.07) is 6.84. The second-order valence-corrected chi connectivity index (χ2v) is 5.58. The van der Waals surface area contributed by atoms with Gasteiger partial charge in [-0.15, -0.1) is 0 Å². The predicted octanol–water partition coefficient (Wildman–Crippen LogP) is 3.40. The molecule has 4 nitrogen and oxygen atoms in total. The van der Waals surface area contributed by atoms with E-state index >= 15 is 0 Å². The first-order valence-electron chi connectivity index (χ1n) is 6.03. The van der Waals surface area contributed by atoms with E-state index < -0.39 is 5.60 Å². The monoisotopic (exact) mass is 283 g/mol. The van der Waals surface area contributed by atoms with Crippen molar-refractivity contribution in [1.82, 2.24) is 0 Å². The van der Waals surface area contributed by atoms with Crippen LogP contribution in [0, 0.1) is 0 Å². The SMILES string of the molecule is CC(C)(C)OC(=O)CCC(=O)Nc1cccc(Cl)c1. The number of anilines is 1. The van der Waals surface area contributed by atoms with E-state index in [-0.39, 0.29) is 24.7 Å². The molecule has 1 aromatic rings. The summed E-state index contributed by atoms with van der Waals surface area (Å²) in [6.07, 6.45) is 0.144. The number of hydrogen-bond acceptors (Lipinski definition) is 3. The Bertz CT molecular complexity index is 466. The van der Waals surface area contributed by atoms with Gasteiger partial charge in [-0.05, 0) is 39.0 Å². The molecule has 1 N–H and O–H groups in total. The summed E-state index contributed by atoms with van der Waals surface area (Å²) in [5, 5.41) is 3.22. The number of halogens is 1. The molecule has 1 amide bonds. The minimum atomic E-state index is -0.527. The van der Waals surface area contributed by atoms with Gasteiger partial charge < -0.3 is 10.1 Å². The van der Waals surface area contributed by atoms with Gasteiger partial charge in [0, 0.05) is 17.1 Å². The normalized spacial score (nSPS) is 10.9. The Labute approximate surface area is 118 Å². The van der Waals surface area contributed by atoms with E-state index in [1.165, 1.54) is 0 Å². The lowest BCUT2D eigenvalue weighted by molar-refractivity contribution is -0.155. The number of carbonyl (C=O) groups excluding carboxylic acids is 2. The maximum absolute atomic E-state index is 11.6. The highest BCUT2D eigenvalue weighted by Crippen LogP contribution is 2.15. The Hall–Kier alpha value is -1.55. The van der Waals surface area contributed by atoms with Crippen LogP contribution in [0.1, 0.15) is 33.6 Å². The van der Waals surface area contributed by atoms with Gasteiger partial charge in [0.25, 0.3) is 0 Å². The standard InChI is InChI=1S/C14H18ClNO3/c1-14(2,3)19-13(18)8-7-12(17)16-11-6-4-5-10(15)9-11/h4-6,9H,7-8H2,1-3H3,(H,16,17). The van der Waals surface area contributed by atoms with E-state index in [1.807, 2.05) is 0 Å². The summed E-state index contributed by atoms with van der Waals surface area (Å²) in [6.45, 7) is 5.37. The molecule has 0 spiro atoms. The molecule has 5 heteroatoms. The third kappa shape index (κ3) is 6.82. The van der Waals surface area contributed by atoms with Crippen molar-refractivity contribution in [2.24, 2.45) is 0 Å². The van der Waals surface area contributed by atoms with Crippen LogP contribution in [0.3, 0.4) is 0 Å². The maximum Gasteiger partial charge on any atom is 0.306 e. The lowest BCUT2D eigenvalue weighted by Gasteiger charge is -2.19. The van der Waals surface area contributed by atoms with Gasteiger partial charge in [-0.2, -0.15) is 0 Å². The first-order chi connectivity index (χ1) is 8.76. The van der Waals surface area contributed by atoms with Gasteiger partial charge in [-0.25, -0.2) is 0 Å². The average Bonchev–Trinajstić information content (AvgIpc) is 2.24. The van der Waals surface area contributed by atoms with Crippen molar-refractivity contribution < 1.29 is 14.3 Å². The fourth-order valence-electron chi connectivity index (χ4n) is 1.40. The van der Waals surface area contributed by atoms with Crippen molar-refractivity contribution in [3.63, 3.8) is 0 Å². The summed E-state index contributed by atoms with van der Waals surface area (Å²) in [5.74, 6) is -0.623. The fraction of sp³-hybridized carbons (Fsp3) is 0.429. The molecule has 0 aromatic heterocycles. The van der Waals surface area contributed by atoms with E-state index in [4.69, 9.17) is 16.3 Å². The largest absolute Gasteiger partial charge is 0.460 e. The summed E-state index contributed by atoms with van der Waals surface area (Å²) in [4.78, 5) is 23.1. The number of rotatable bonds is 4. The van der Waals surface area contributed by atoms with Crippen molar-refractivity contribution in [2.45, 2.75) is 39.2 Å². The van der Waals surface area contributed by atoms with Crippen LogP contribution in [0.15, 0.2) is 24.3 Å². The van der Waals surface area contributed by atoms with Gasteiger partial charge in [0.05, 0.1) is 6.42 Å². The molecule has 0 aliphatic heterocycles. The zero-order valence-electron chi connectivity index (χ0n) is 11.3. The van der Waals surface area contributed by atoms with Crippen LogP contribution in [0.25, 0.3) is 0 Å².